The third-order valence-corrected chi connectivity index (χ3v) is 7.63. The smallest absolute Gasteiger partial charge is 0.267 e. The van der Waals surface area contributed by atoms with Crippen LogP contribution in [0.15, 0.2) is 41.2 Å². The topological polar surface area (TPSA) is 63.1 Å². The van der Waals surface area contributed by atoms with Gasteiger partial charge < -0.3 is 5.32 Å². The Morgan fingerprint density at radius 1 is 1.19 bits per heavy atom. The summed E-state index contributed by atoms with van der Waals surface area (Å²) in [5.41, 5.74) is 5.50. The van der Waals surface area contributed by atoms with E-state index in [1.807, 2.05) is 24.8 Å². The Bertz CT molecular complexity index is 1160. The van der Waals surface area contributed by atoms with Crippen LogP contribution in [-0.4, -0.2) is 51.1 Å². The van der Waals surface area contributed by atoms with Crippen molar-refractivity contribution in [1.29, 1.82) is 0 Å². The molecule has 0 aliphatic carbocycles. The van der Waals surface area contributed by atoms with E-state index in [1.54, 1.807) is 10.7 Å². The largest absolute Gasteiger partial charge is 0.383 e. The molecule has 1 saturated heterocycles. The number of fused-ring (bicyclic) bond motifs is 2. The highest BCUT2D eigenvalue weighted by Gasteiger charge is 2.23. The lowest BCUT2D eigenvalue weighted by Crippen LogP contribution is -2.45. The van der Waals surface area contributed by atoms with E-state index in [-0.39, 0.29) is 5.56 Å². The molecule has 1 fully saturated rings. The van der Waals surface area contributed by atoms with Gasteiger partial charge in [-0.2, -0.15) is 16.9 Å². The molecule has 0 radical (unpaired) electrons. The molecule has 3 aromatic rings. The van der Waals surface area contributed by atoms with Gasteiger partial charge in [-0.3, -0.25) is 14.7 Å². The van der Waals surface area contributed by atoms with Crippen molar-refractivity contribution in [1.82, 2.24) is 19.7 Å². The summed E-state index contributed by atoms with van der Waals surface area (Å²) in [6.07, 6.45) is 4.62. The van der Waals surface area contributed by atoms with Crippen molar-refractivity contribution in [2.45, 2.75) is 50.9 Å². The molecule has 5 rings (SSSR count). The third kappa shape index (κ3) is 4.69. The molecule has 1 aromatic carbocycles. The minimum atomic E-state index is 0.0386. The van der Waals surface area contributed by atoms with Gasteiger partial charge in [0.1, 0.15) is 0 Å². The molecule has 0 bridgehead atoms. The molecule has 6 nitrogen and oxygen atoms in total. The van der Waals surface area contributed by atoms with Crippen LogP contribution < -0.4 is 10.9 Å². The molecule has 168 valence electrons. The number of hydrogen-bond acceptors (Lipinski definition) is 6. The number of likely N-dealkylation sites (tertiary alicyclic amines) is 1. The number of hydrogen-bond donors (Lipinski definition) is 1. The van der Waals surface area contributed by atoms with Gasteiger partial charge in [0, 0.05) is 54.1 Å². The predicted octanol–water partition coefficient (Wildman–Crippen LogP) is 3.86. The second kappa shape index (κ2) is 9.63. The van der Waals surface area contributed by atoms with E-state index in [4.69, 9.17) is 5.10 Å². The number of rotatable bonds is 6. The van der Waals surface area contributed by atoms with Crippen LogP contribution in [0.25, 0.3) is 10.9 Å². The summed E-state index contributed by atoms with van der Waals surface area (Å²) in [5, 5.41) is 9.58. The highest BCUT2D eigenvalue weighted by Crippen LogP contribution is 2.25. The quantitative estimate of drug-likeness (QED) is 0.617. The van der Waals surface area contributed by atoms with Gasteiger partial charge in [-0.1, -0.05) is 24.6 Å². The van der Waals surface area contributed by atoms with Gasteiger partial charge in [0.2, 0.25) is 0 Å². The first kappa shape index (κ1) is 21.5. The Balaban J connectivity index is 1.27. The minimum absolute atomic E-state index is 0.0386. The summed E-state index contributed by atoms with van der Waals surface area (Å²) in [6.45, 7) is 5.55. The molecule has 2 aromatic heterocycles. The summed E-state index contributed by atoms with van der Waals surface area (Å²) < 4.78 is 1.69. The Kier molecular flexibility index (Phi) is 6.46. The third-order valence-electron chi connectivity index (χ3n) is 6.63. The van der Waals surface area contributed by atoms with Crippen LogP contribution in [0.3, 0.4) is 0 Å². The van der Waals surface area contributed by atoms with Gasteiger partial charge in [0.25, 0.3) is 5.56 Å². The molecule has 32 heavy (non-hydrogen) atoms. The van der Waals surface area contributed by atoms with Gasteiger partial charge in [0.15, 0.2) is 0 Å². The molecule has 0 amide bonds. The summed E-state index contributed by atoms with van der Waals surface area (Å²) in [6, 6.07) is 12.7. The molecular formula is C25H31N5OS. The molecule has 1 N–H and O–H groups in total. The summed E-state index contributed by atoms with van der Waals surface area (Å²) >= 11 is 1.89. The molecular weight excluding hydrogens is 418 g/mol. The van der Waals surface area contributed by atoms with Crippen LogP contribution in [0.1, 0.15) is 36.2 Å². The van der Waals surface area contributed by atoms with Gasteiger partial charge in [-0.25, -0.2) is 4.68 Å². The molecule has 7 heteroatoms. The number of piperidine rings is 1. The van der Waals surface area contributed by atoms with Crippen molar-refractivity contribution in [2.75, 3.05) is 30.7 Å². The first-order chi connectivity index (χ1) is 15.7. The molecule has 4 heterocycles. The van der Waals surface area contributed by atoms with Crippen LogP contribution in [0, 0.1) is 6.92 Å². The number of nitrogens with one attached hydrogen (secondary N) is 1. The first-order valence-electron chi connectivity index (χ1n) is 11.7. The fraction of sp³-hybridized carbons (Fsp3) is 0.480. The summed E-state index contributed by atoms with van der Waals surface area (Å²) in [7, 11) is 0. The minimum Gasteiger partial charge on any atom is -0.383 e. The van der Waals surface area contributed by atoms with E-state index >= 15 is 0 Å². The van der Waals surface area contributed by atoms with E-state index in [1.165, 1.54) is 24.6 Å². The maximum atomic E-state index is 12.6. The van der Waals surface area contributed by atoms with Gasteiger partial charge >= 0.3 is 0 Å². The van der Waals surface area contributed by atoms with Crippen molar-refractivity contribution in [3.63, 3.8) is 0 Å². The lowest BCUT2D eigenvalue weighted by atomic mass is 10.0. The van der Waals surface area contributed by atoms with E-state index in [0.717, 1.165) is 65.7 Å². The molecule has 0 spiro atoms. The number of pyridine rings is 1. The number of aryl methyl sites for hydroxylation is 2. The zero-order chi connectivity index (χ0) is 21.9. The standard InChI is InChI=1S/C25H31N5OS/c1-18-14-24(21-7-2-3-8-23(21)27-18)26-16-20-6-4-5-10-29(20)11-12-30-25(31)15-19-17-32-13-9-22(19)28-30/h2-3,7-8,14-15,20H,4-6,9-13,16-17H2,1H3,(H,26,27). The van der Waals surface area contributed by atoms with Crippen molar-refractivity contribution >= 4 is 28.4 Å². The maximum Gasteiger partial charge on any atom is 0.267 e. The number of thioether (sulfide) groups is 1. The van der Waals surface area contributed by atoms with Crippen molar-refractivity contribution in [3.8, 4) is 0 Å². The van der Waals surface area contributed by atoms with Crippen LogP contribution in [-0.2, 0) is 18.7 Å². The van der Waals surface area contributed by atoms with E-state index in [2.05, 4.69) is 39.5 Å². The average molecular weight is 450 g/mol. The average Bonchev–Trinajstić information content (AvgIpc) is 2.81. The number of anilines is 1. The SMILES string of the molecule is Cc1cc(NCC2CCCCN2CCn2nc3c(cc2=O)CSCC3)c2ccccc2n1. The van der Waals surface area contributed by atoms with Crippen molar-refractivity contribution in [2.24, 2.45) is 0 Å². The molecule has 1 atom stereocenters. The summed E-state index contributed by atoms with van der Waals surface area (Å²) in [4.78, 5) is 19.8. The number of nitrogens with zero attached hydrogens (tertiary/aromatic N) is 4. The number of para-hydroxylation sites is 1. The van der Waals surface area contributed by atoms with E-state index in [0.29, 0.717) is 12.6 Å². The van der Waals surface area contributed by atoms with E-state index in [9.17, 15) is 4.79 Å². The predicted molar refractivity (Wildman–Crippen MR) is 133 cm³/mol. The maximum absolute atomic E-state index is 12.6. The van der Waals surface area contributed by atoms with Crippen molar-refractivity contribution in [3.05, 3.63) is 63.7 Å². The van der Waals surface area contributed by atoms with Crippen molar-refractivity contribution < 1.29 is 0 Å². The van der Waals surface area contributed by atoms with Crippen LogP contribution in [0.2, 0.25) is 0 Å². The Hall–Kier alpha value is -2.38. The monoisotopic (exact) mass is 449 g/mol. The molecule has 2 aliphatic rings. The van der Waals surface area contributed by atoms with Gasteiger partial charge in [-0.15, -0.1) is 0 Å². The molecule has 1 unspecified atom stereocenters. The molecule has 2 aliphatic heterocycles. The Morgan fingerprint density at radius 2 is 2.09 bits per heavy atom. The number of benzene rings is 1. The fourth-order valence-corrected chi connectivity index (χ4v) is 5.86. The second-order valence-electron chi connectivity index (χ2n) is 8.88. The molecule has 0 saturated carbocycles. The van der Waals surface area contributed by atoms with Crippen LogP contribution >= 0.6 is 11.8 Å². The zero-order valence-electron chi connectivity index (χ0n) is 18.7. The highest BCUT2D eigenvalue weighted by molar-refractivity contribution is 7.98. The second-order valence-corrected chi connectivity index (χ2v) is 9.98. The van der Waals surface area contributed by atoms with Gasteiger partial charge in [0.05, 0.1) is 17.8 Å². The Labute approximate surface area is 193 Å². The fourth-order valence-electron chi connectivity index (χ4n) is 4.90. The Morgan fingerprint density at radius 3 is 3.03 bits per heavy atom. The summed E-state index contributed by atoms with van der Waals surface area (Å²) in [5.74, 6) is 2.02. The lowest BCUT2D eigenvalue weighted by molar-refractivity contribution is 0.148. The van der Waals surface area contributed by atoms with Gasteiger partial charge in [-0.05, 0) is 49.8 Å². The lowest BCUT2D eigenvalue weighted by Gasteiger charge is -2.36. The van der Waals surface area contributed by atoms with E-state index < -0.39 is 0 Å². The normalized spacial score (nSPS) is 19.1. The first-order valence-corrected chi connectivity index (χ1v) is 12.8. The highest BCUT2D eigenvalue weighted by atomic mass is 32.2. The number of aromatic nitrogens is 3. The van der Waals surface area contributed by atoms with Crippen LogP contribution in [0.4, 0.5) is 5.69 Å². The van der Waals surface area contributed by atoms with Crippen LogP contribution in [0.5, 0.6) is 0 Å². The zero-order valence-corrected chi connectivity index (χ0v) is 19.5.